The summed E-state index contributed by atoms with van der Waals surface area (Å²) in [6.45, 7) is 1.26. The lowest BCUT2D eigenvalue weighted by molar-refractivity contribution is 0.187. The Morgan fingerprint density at radius 2 is 2.00 bits per heavy atom. The fourth-order valence-corrected chi connectivity index (χ4v) is 3.94. The van der Waals surface area contributed by atoms with Crippen LogP contribution in [0.3, 0.4) is 0 Å². The summed E-state index contributed by atoms with van der Waals surface area (Å²) in [5.74, 6) is 1.37. The third-order valence-electron chi connectivity index (χ3n) is 4.77. The van der Waals surface area contributed by atoms with Crippen molar-refractivity contribution in [1.82, 2.24) is 9.97 Å². The summed E-state index contributed by atoms with van der Waals surface area (Å²) < 4.78 is 6.33. The van der Waals surface area contributed by atoms with Crippen LogP contribution in [0.2, 0.25) is 22.4 Å². The van der Waals surface area contributed by atoms with E-state index in [2.05, 4.69) is 15.3 Å². The molecular weight excluding hydrogens is 320 g/mol. The summed E-state index contributed by atoms with van der Waals surface area (Å²) in [5, 5.41) is 3.97. The number of aromatic nitrogens is 2. The highest BCUT2D eigenvalue weighted by Gasteiger charge is 2.34. The van der Waals surface area contributed by atoms with E-state index in [1.54, 1.807) is 0 Å². The Labute approximate surface area is 142 Å². The average molecular weight is 342 g/mol. The van der Waals surface area contributed by atoms with Gasteiger partial charge in [-0.25, -0.2) is 4.98 Å². The molecule has 0 unspecified atom stereocenters. The zero-order chi connectivity index (χ0) is 15.4. The number of nitrogens with one attached hydrogen (secondary N) is 1. The van der Waals surface area contributed by atoms with Gasteiger partial charge in [0.2, 0.25) is 5.28 Å². The Hall–Kier alpha value is -0.515. The van der Waals surface area contributed by atoms with Gasteiger partial charge in [0.1, 0.15) is 10.8 Å². The topological polar surface area (TPSA) is 47.0 Å². The monoisotopic (exact) mass is 341 g/mol. The van der Waals surface area contributed by atoms with Gasteiger partial charge in [0, 0.05) is 12.6 Å². The molecule has 2 aliphatic heterocycles. The van der Waals surface area contributed by atoms with Gasteiger partial charge < -0.3 is 9.97 Å². The van der Waals surface area contributed by atoms with Crippen molar-refractivity contribution in [3.8, 4) is 0 Å². The predicted octanol–water partition coefficient (Wildman–Crippen LogP) is 4.70. The molecule has 120 valence electrons. The molecule has 0 aliphatic carbocycles. The quantitative estimate of drug-likeness (QED) is 0.479. The van der Waals surface area contributed by atoms with Crippen LogP contribution in [0.15, 0.2) is 6.20 Å². The smallest absolute Gasteiger partial charge is 0.296 e. The maximum atomic E-state index is 6.33. The van der Waals surface area contributed by atoms with Gasteiger partial charge >= 0.3 is 0 Å². The van der Waals surface area contributed by atoms with Crippen molar-refractivity contribution in [2.45, 2.75) is 63.2 Å². The Morgan fingerprint density at radius 3 is 2.77 bits per heavy atom. The fraction of sp³-hybridized carbons (Fsp3) is 0.733. The SMILES string of the molecule is Clc1ncc(Cl)c(NCCCB2OC3CCCC2CCC3)n1. The van der Waals surface area contributed by atoms with Crippen LogP contribution in [-0.2, 0) is 4.65 Å². The Morgan fingerprint density at radius 1 is 1.23 bits per heavy atom. The molecule has 3 rings (SSSR count). The number of rotatable bonds is 5. The van der Waals surface area contributed by atoms with E-state index in [-0.39, 0.29) is 5.28 Å². The first-order valence-corrected chi connectivity index (χ1v) is 9.05. The van der Waals surface area contributed by atoms with Crippen LogP contribution in [-0.4, -0.2) is 29.5 Å². The number of anilines is 1. The van der Waals surface area contributed by atoms with Crippen molar-refractivity contribution in [1.29, 1.82) is 0 Å². The van der Waals surface area contributed by atoms with Crippen molar-refractivity contribution in [2.75, 3.05) is 11.9 Å². The minimum absolute atomic E-state index is 0.216. The Bertz CT molecular complexity index is 496. The first kappa shape index (κ1) is 16.3. The van der Waals surface area contributed by atoms with Crippen LogP contribution in [0, 0.1) is 0 Å². The zero-order valence-electron chi connectivity index (χ0n) is 12.7. The third kappa shape index (κ3) is 4.27. The number of nitrogens with zero attached hydrogens (tertiary/aromatic N) is 2. The highest BCUT2D eigenvalue weighted by Crippen LogP contribution is 2.37. The standard InChI is InChI=1S/C15H22BCl2N3O/c17-13-10-20-15(18)21-14(13)19-9-3-8-16-11-4-1-6-12(22-16)7-2-5-11/h10-12H,1-9H2,(H,19,20,21). The minimum atomic E-state index is 0.216. The molecule has 7 heteroatoms. The van der Waals surface area contributed by atoms with Crippen molar-refractivity contribution in [3.05, 3.63) is 16.5 Å². The van der Waals surface area contributed by atoms with E-state index < -0.39 is 0 Å². The van der Waals surface area contributed by atoms with Crippen molar-refractivity contribution in [3.63, 3.8) is 0 Å². The Kier molecular flexibility index (Phi) is 5.83. The molecule has 0 spiro atoms. The highest BCUT2D eigenvalue weighted by atomic mass is 35.5. The molecule has 2 bridgehead atoms. The molecule has 0 radical (unpaired) electrons. The van der Waals surface area contributed by atoms with Gasteiger partial charge in [-0.15, -0.1) is 0 Å². The van der Waals surface area contributed by atoms with E-state index in [1.165, 1.54) is 44.7 Å². The van der Waals surface area contributed by atoms with Gasteiger partial charge in [-0.2, -0.15) is 4.98 Å². The maximum absolute atomic E-state index is 6.33. The molecule has 1 aromatic rings. The molecule has 22 heavy (non-hydrogen) atoms. The van der Waals surface area contributed by atoms with Crippen molar-refractivity contribution in [2.24, 2.45) is 0 Å². The second-order valence-electron chi connectivity index (χ2n) is 6.32. The first-order chi connectivity index (χ1) is 10.7. The molecule has 0 saturated carbocycles. The van der Waals surface area contributed by atoms with Crippen molar-refractivity contribution < 1.29 is 4.65 Å². The van der Waals surface area contributed by atoms with Gasteiger partial charge in [0.15, 0.2) is 0 Å². The Balaban J connectivity index is 1.47. The molecular formula is C15H22BCl2N3O. The van der Waals surface area contributed by atoms with Gasteiger partial charge in [-0.1, -0.05) is 37.3 Å². The van der Waals surface area contributed by atoms with Crippen LogP contribution in [0.4, 0.5) is 5.82 Å². The number of fused-ring (bicyclic) bond motifs is 3. The summed E-state index contributed by atoms with van der Waals surface area (Å²) in [5.41, 5.74) is 0. The molecule has 1 aromatic heterocycles. The van der Waals surface area contributed by atoms with Crippen LogP contribution in [0.25, 0.3) is 0 Å². The maximum Gasteiger partial charge on any atom is 0.296 e. The second kappa shape index (κ2) is 7.85. The second-order valence-corrected chi connectivity index (χ2v) is 7.07. The molecule has 2 aliphatic rings. The molecule has 0 atom stereocenters. The lowest BCUT2D eigenvalue weighted by Crippen LogP contribution is -2.26. The highest BCUT2D eigenvalue weighted by molar-refractivity contribution is 6.53. The number of hydrogen-bond acceptors (Lipinski definition) is 4. The van der Waals surface area contributed by atoms with Gasteiger partial charge in [0.25, 0.3) is 6.92 Å². The number of hydrogen-bond donors (Lipinski definition) is 1. The van der Waals surface area contributed by atoms with Crippen molar-refractivity contribution >= 4 is 35.9 Å². The van der Waals surface area contributed by atoms with Crippen LogP contribution < -0.4 is 5.32 Å². The summed E-state index contributed by atoms with van der Waals surface area (Å²) in [6, 6.07) is 0. The molecule has 3 heterocycles. The summed E-state index contributed by atoms with van der Waals surface area (Å²) in [6.07, 6.45) is 12.0. The van der Waals surface area contributed by atoms with Crippen LogP contribution in [0.1, 0.15) is 44.9 Å². The lowest BCUT2D eigenvalue weighted by atomic mass is 9.51. The van der Waals surface area contributed by atoms with Gasteiger partial charge in [0.05, 0.1) is 6.20 Å². The van der Waals surface area contributed by atoms with E-state index in [4.69, 9.17) is 27.9 Å². The molecule has 0 aromatic carbocycles. The molecule has 2 fully saturated rings. The number of halogens is 2. The normalized spacial score (nSPS) is 24.9. The van der Waals surface area contributed by atoms with Gasteiger partial charge in [-0.3, -0.25) is 0 Å². The minimum Gasteiger partial charge on any atom is -0.433 e. The van der Waals surface area contributed by atoms with Crippen LogP contribution >= 0.6 is 23.2 Å². The lowest BCUT2D eigenvalue weighted by Gasteiger charge is -2.20. The van der Waals surface area contributed by atoms with E-state index in [9.17, 15) is 0 Å². The molecule has 1 N–H and O–H groups in total. The van der Waals surface area contributed by atoms with E-state index in [0.717, 1.165) is 25.1 Å². The summed E-state index contributed by atoms with van der Waals surface area (Å²) in [4.78, 5) is 7.96. The summed E-state index contributed by atoms with van der Waals surface area (Å²) in [7, 11) is 0. The average Bonchev–Trinajstić information content (AvgIpc) is 2.79. The van der Waals surface area contributed by atoms with E-state index in [1.807, 2.05) is 0 Å². The summed E-state index contributed by atoms with van der Waals surface area (Å²) >= 11 is 11.8. The third-order valence-corrected chi connectivity index (χ3v) is 5.23. The van der Waals surface area contributed by atoms with Gasteiger partial charge in [-0.05, 0) is 43.0 Å². The molecule has 0 amide bonds. The predicted molar refractivity (Wildman–Crippen MR) is 92.0 cm³/mol. The molecule has 4 nitrogen and oxygen atoms in total. The van der Waals surface area contributed by atoms with E-state index >= 15 is 0 Å². The van der Waals surface area contributed by atoms with E-state index in [0.29, 0.717) is 23.9 Å². The fourth-order valence-electron chi connectivity index (χ4n) is 3.65. The van der Waals surface area contributed by atoms with Crippen LogP contribution in [0.5, 0.6) is 0 Å². The first-order valence-electron chi connectivity index (χ1n) is 8.30. The zero-order valence-corrected chi connectivity index (χ0v) is 14.2. The largest absolute Gasteiger partial charge is 0.433 e. The molecule has 2 saturated heterocycles.